The third kappa shape index (κ3) is 10.7. The Morgan fingerprint density at radius 1 is 1.32 bits per heavy atom. The van der Waals surface area contributed by atoms with Crippen LogP contribution in [0.5, 0.6) is 0 Å². The van der Waals surface area contributed by atoms with Crippen LogP contribution in [0.4, 0.5) is 0 Å². The molecule has 7 heteroatoms. The van der Waals surface area contributed by atoms with E-state index in [0.717, 1.165) is 0 Å². The summed E-state index contributed by atoms with van der Waals surface area (Å²) in [6, 6.07) is 0.922. The topological polar surface area (TPSA) is 64.8 Å². The highest BCUT2D eigenvalue weighted by Crippen LogP contribution is 2.25. The molecule has 19 heavy (non-hydrogen) atoms. The van der Waals surface area contributed by atoms with E-state index in [-0.39, 0.29) is 11.9 Å². The van der Waals surface area contributed by atoms with Crippen LogP contribution in [-0.4, -0.2) is 47.6 Å². The smallest absolute Gasteiger partial charge is 0.190 e. The lowest BCUT2D eigenvalue weighted by molar-refractivity contribution is -0.110. The molecule has 0 aromatic rings. The van der Waals surface area contributed by atoms with Gasteiger partial charge in [0, 0.05) is 30.8 Å². The average Bonchev–Trinajstić information content (AvgIpc) is 2.31. The fourth-order valence-electron chi connectivity index (χ4n) is 1.41. The van der Waals surface area contributed by atoms with Crippen molar-refractivity contribution in [2.45, 2.75) is 46.2 Å². The molecule has 0 fully saturated rings. The summed E-state index contributed by atoms with van der Waals surface area (Å²) in [5.74, 6) is 0.656. The van der Waals surface area contributed by atoms with Crippen LogP contribution in [0, 0.1) is 0 Å². The van der Waals surface area contributed by atoms with Crippen LogP contribution in [0.3, 0.4) is 0 Å². The van der Waals surface area contributed by atoms with Gasteiger partial charge in [-0.3, -0.25) is 9.46 Å². The zero-order valence-electron chi connectivity index (χ0n) is 12.3. The molecular formula is C12H27N2O3PS. The van der Waals surface area contributed by atoms with E-state index in [1.54, 1.807) is 0 Å². The van der Waals surface area contributed by atoms with Gasteiger partial charge in [-0.25, -0.2) is 0 Å². The standard InChI is InChI=1S/C12H27N2O3PS/c1-10(2)14(11(3)4)18-17-9-16-7-8-19-12(15)5-6-13/h10-11,18H,5-9,13H2,1-4H3. The molecule has 0 spiro atoms. The fourth-order valence-corrected chi connectivity index (χ4v) is 2.81. The van der Waals surface area contributed by atoms with Crippen LogP contribution in [0.15, 0.2) is 0 Å². The van der Waals surface area contributed by atoms with Gasteiger partial charge in [0.2, 0.25) is 0 Å². The lowest BCUT2D eigenvalue weighted by Crippen LogP contribution is -2.29. The molecule has 0 rings (SSSR count). The molecule has 0 bridgehead atoms. The lowest BCUT2D eigenvalue weighted by Gasteiger charge is -2.29. The highest BCUT2D eigenvalue weighted by molar-refractivity contribution is 8.13. The van der Waals surface area contributed by atoms with Gasteiger partial charge in [0.15, 0.2) is 11.9 Å². The Morgan fingerprint density at radius 3 is 2.47 bits per heavy atom. The van der Waals surface area contributed by atoms with Gasteiger partial charge in [0.1, 0.15) is 0 Å². The molecule has 0 radical (unpaired) electrons. The maximum absolute atomic E-state index is 11.2. The van der Waals surface area contributed by atoms with Gasteiger partial charge in [-0.05, 0) is 27.7 Å². The molecule has 1 unspecified atom stereocenters. The van der Waals surface area contributed by atoms with Gasteiger partial charge in [0.05, 0.1) is 15.6 Å². The van der Waals surface area contributed by atoms with E-state index in [9.17, 15) is 4.79 Å². The fraction of sp³-hybridized carbons (Fsp3) is 0.917. The van der Waals surface area contributed by atoms with Crippen molar-refractivity contribution in [2.24, 2.45) is 5.73 Å². The number of ether oxygens (including phenoxy) is 1. The number of hydrogen-bond acceptors (Lipinski definition) is 6. The molecule has 114 valence electrons. The maximum Gasteiger partial charge on any atom is 0.190 e. The van der Waals surface area contributed by atoms with Crippen molar-refractivity contribution in [1.29, 1.82) is 0 Å². The molecule has 0 aliphatic heterocycles. The van der Waals surface area contributed by atoms with Crippen LogP contribution in [0.1, 0.15) is 34.1 Å². The molecule has 0 aliphatic rings. The number of thioether (sulfide) groups is 1. The summed E-state index contributed by atoms with van der Waals surface area (Å²) in [6.07, 6.45) is 0.431. The first-order valence-corrected chi connectivity index (χ1v) is 8.42. The Kier molecular flexibility index (Phi) is 12.2. The third-order valence-electron chi connectivity index (χ3n) is 2.26. The number of hydrogen-bond donors (Lipinski definition) is 1. The van der Waals surface area contributed by atoms with Gasteiger partial charge < -0.3 is 15.0 Å². The summed E-state index contributed by atoms with van der Waals surface area (Å²) >= 11 is 1.27. The number of nitrogens with two attached hydrogens (primary N) is 1. The van der Waals surface area contributed by atoms with Gasteiger partial charge in [-0.1, -0.05) is 11.8 Å². The number of rotatable bonds is 11. The van der Waals surface area contributed by atoms with E-state index < -0.39 is 0 Å². The highest BCUT2D eigenvalue weighted by Gasteiger charge is 2.13. The summed E-state index contributed by atoms with van der Waals surface area (Å²) in [5.41, 5.74) is 5.29. The number of nitrogens with zero attached hydrogens (tertiary/aromatic N) is 1. The first kappa shape index (κ1) is 19.3. The van der Waals surface area contributed by atoms with Crippen molar-refractivity contribution >= 4 is 25.8 Å². The molecule has 0 saturated carbocycles. The van der Waals surface area contributed by atoms with Crippen molar-refractivity contribution in [3.8, 4) is 0 Å². The third-order valence-corrected chi connectivity index (χ3v) is 4.65. The molecule has 0 aromatic heterocycles. The minimum atomic E-state index is 0.125. The second kappa shape index (κ2) is 12.1. The van der Waals surface area contributed by atoms with E-state index in [1.165, 1.54) is 11.8 Å². The van der Waals surface area contributed by atoms with E-state index in [2.05, 4.69) is 32.4 Å². The zero-order valence-corrected chi connectivity index (χ0v) is 14.2. The van der Waals surface area contributed by atoms with Gasteiger partial charge in [0.25, 0.3) is 0 Å². The van der Waals surface area contributed by atoms with Crippen LogP contribution >= 0.6 is 20.7 Å². The predicted octanol–water partition coefficient (Wildman–Crippen LogP) is 2.21. The second-order valence-corrected chi connectivity index (χ2v) is 6.76. The molecule has 0 aromatic carbocycles. The molecular weight excluding hydrogens is 283 g/mol. The van der Waals surface area contributed by atoms with Crippen molar-refractivity contribution in [1.82, 2.24) is 4.67 Å². The van der Waals surface area contributed by atoms with Crippen molar-refractivity contribution in [2.75, 3.05) is 25.7 Å². The summed E-state index contributed by atoms with van der Waals surface area (Å²) in [4.78, 5) is 11.2. The Balaban J connectivity index is 3.47. The van der Waals surface area contributed by atoms with Crippen LogP contribution < -0.4 is 5.73 Å². The molecule has 0 amide bonds. The first-order chi connectivity index (χ1) is 8.99. The molecule has 0 heterocycles. The monoisotopic (exact) mass is 310 g/mol. The Morgan fingerprint density at radius 2 is 1.95 bits per heavy atom. The average molecular weight is 310 g/mol. The summed E-state index contributed by atoms with van der Waals surface area (Å²) in [5, 5.41) is 0.125. The minimum Gasteiger partial charge on any atom is -0.354 e. The Bertz CT molecular complexity index is 235. The van der Waals surface area contributed by atoms with Crippen LogP contribution in [0.2, 0.25) is 0 Å². The van der Waals surface area contributed by atoms with Gasteiger partial charge >= 0.3 is 0 Å². The number of carbonyl (C=O) groups excluding carboxylic acids is 1. The summed E-state index contributed by atoms with van der Waals surface area (Å²) in [6.45, 7) is 9.81. The Labute approximate surface area is 122 Å². The first-order valence-electron chi connectivity index (χ1n) is 6.58. The van der Waals surface area contributed by atoms with E-state index >= 15 is 0 Å². The van der Waals surface area contributed by atoms with E-state index in [1.807, 2.05) is 0 Å². The largest absolute Gasteiger partial charge is 0.354 e. The van der Waals surface area contributed by atoms with E-state index in [0.29, 0.717) is 46.4 Å². The lowest BCUT2D eigenvalue weighted by atomic mass is 10.3. The van der Waals surface area contributed by atoms with Crippen LogP contribution in [0.25, 0.3) is 0 Å². The zero-order chi connectivity index (χ0) is 14.7. The summed E-state index contributed by atoms with van der Waals surface area (Å²) in [7, 11) is 0.309. The molecule has 5 nitrogen and oxygen atoms in total. The van der Waals surface area contributed by atoms with Crippen LogP contribution in [-0.2, 0) is 14.1 Å². The predicted molar refractivity (Wildman–Crippen MR) is 83.5 cm³/mol. The molecule has 2 N–H and O–H groups in total. The minimum absolute atomic E-state index is 0.125. The Hall–Kier alpha value is 0.290. The van der Waals surface area contributed by atoms with E-state index in [4.69, 9.17) is 15.0 Å². The number of carbonyl (C=O) groups is 1. The molecule has 0 saturated heterocycles. The van der Waals surface area contributed by atoms with Crippen molar-refractivity contribution in [3.63, 3.8) is 0 Å². The maximum atomic E-state index is 11.2. The highest BCUT2D eigenvalue weighted by atomic mass is 32.2. The second-order valence-electron chi connectivity index (χ2n) is 4.62. The molecule has 1 atom stereocenters. The van der Waals surface area contributed by atoms with Gasteiger partial charge in [-0.2, -0.15) is 0 Å². The van der Waals surface area contributed by atoms with Crippen molar-refractivity contribution < 1.29 is 14.1 Å². The van der Waals surface area contributed by atoms with Gasteiger partial charge in [-0.15, -0.1) is 0 Å². The SMILES string of the molecule is CC(C)N(POCOCCSC(=O)CCN)C(C)C. The molecule has 0 aliphatic carbocycles. The normalized spacial score (nSPS) is 12.4. The van der Waals surface area contributed by atoms with Crippen molar-refractivity contribution in [3.05, 3.63) is 0 Å². The quantitative estimate of drug-likeness (QED) is 0.359. The summed E-state index contributed by atoms with van der Waals surface area (Å²) < 4.78 is 13.1.